The number of rotatable bonds is 8. The van der Waals surface area contributed by atoms with Crippen molar-refractivity contribution in [2.75, 3.05) is 31.1 Å². The summed E-state index contributed by atoms with van der Waals surface area (Å²) in [7, 11) is 0. The molecule has 1 aliphatic rings. The lowest BCUT2D eigenvalue weighted by Crippen LogP contribution is -2.38. The van der Waals surface area contributed by atoms with Crippen LogP contribution in [0.25, 0.3) is 0 Å². The Balaban J connectivity index is 1.79. The van der Waals surface area contributed by atoms with Gasteiger partial charge in [0.25, 0.3) is 5.91 Å². The highest BCUT2D eigenvalue weighted by molar-refractivity contribution is 7.08. The molecule has 1 aliphatic heterocycles. The molecule has 0 saturated carbocycles. The molecule has 28 heavy (non-hydrogen) atoms. The number of carbonyl (C=O) groups excluding carboxylic acids is 2. The van der Waals surface area contributed by atoms with Gasteiger partial charge in [-0.1, -0.05) is 25.4 Å². The van der Waals surface area contributed by atoms with Crippen molar-refractivity contribution in [1.29, 1.82) is 0 Å². The zero-order valence-corrected chi connectivity index (χ0v) is 17.9. The molecule has 2 aromatic rings. The minimum Gasteiger partial charge on any atom is -0.350 e. The Labute approximate surface area is 175 Å². The smallest absolute Gasteiger partial charge is 0.253 e. The number of benzene rings is 1. The summed E-state index contributed by atoms with van der Waals surface area (Å²) in [6.45, 7) is 7.19. The van der Waals surface area contributed by atoms with Gasteiger partial charge >= 0.3 is 0 Å². The Morgan fingerprint density at radius 3 is 2.71 bits per heavy atom. The summed E-state index contributed by atoms with van der Waals surface area (Å²) in [5, 5.41) is 7.79. The van der Waals surface area contributed by atoms with E-state index in [0.29, 0.717) is 35.8 Å². The van der Waals surface area contributed by atoms with Crippen LogP contribution in [-0.4, -0.2) is 42.9 Å². The van der Waals surface area contributed by atoms with E-state index in [1.807, 2.05) is 0 Å². The minimum atomic E-state index is -0.182. The maximum absolute atomic E-state index is 13.0. The molecule has 1 aromatic heterocycles. The first-order valence-electron chi connectivity index (χ1n) is 9.69. The van der Waals surface area contributed by atoms with Gasteiger partial charge in [-0.25, -0.2) is 0 Å². The molecule has 1 fully saturated rings. The van der Waals surface area contributed by atoms with E-state index in [1.165, 1.54) is 5.56 Å². The molecule has 0 aliphatic carbocycles. The Morgan fingerprint density at radius 1 is 1.32 bits per heavy atom. The van der Waals surface area contributed by atoms with Crippen LogP contribution in [0.2, 0.25) is 5.02 Å². The second-order valence-corrected chi connectivity index (χ2v) is 8.03. The van der Waals surface area contributed by atoms with Crippen molar-refractivity contribution in [3.8, 4) is 0 Å². The molecular formula is C21H26ClN3O2S. The van der Waals surface area contributed by atoms with E-state index in [-0.39, 0.29) is 17.9 Å². The highest BCUT2D eigenvalue weighted by Crippen LogP contribution is 2.29. The molecule has 1 N–H and O–H groups in total. The van der Waals surface area contributed by atoms with Crippen LogP contribution >= 0.6 is 22.9 Å². The highest BCUT2D eigenvalue weighted by atomic mass is 35.5. The monoisotopic (exact) mass is 419 g/mol. The molecule has 2 amide bonds. The van der Waals surface area contributed by atoms with E-state index < -0.39 is 0 Å². The van der Waals surface area contributed by atoms with E-state index >= 15 is 0 Å². The quantitative estimate of drug-likeness (QED) is 0.692. The van der Waals surface area contributed by atoms with Crippen molar-refractivity contribution in [3.05, 3.63) is 51.2 Å². The van der Waals surface area contributed by atoms with Crippen LogP contribution in [0.1, 0.15) is 48.7 Å². The lowest BCUT2D eigenvalue weighted by Gasteiger charge is -2.29. The van der Waals surface area contributed by atoms with Gasteiger partial charge in [-0.05, 0) is 60.1 Å². The molecule has 3 rings (SSSR count). The molecule has 1 atom stereocenters. The first-order chi connectivity index (χ1) is 13.5. The summed E-state index contributed by atoms with van der Waals surface area (Å²) >= 11 is 7.81. The summed E-state index contributed by atoms with van der Waals surface area (Å²) in [4.78, 5) is 29.2. The normalized spacial score (nSPS) is 15.3. The van der Waals surface area contributed by atoms with E-state index in [4.69, 9.17) is 11.6 Å². The number of hydrogen-bond donors (Lipinski definition) is 1. The largest absolute Gasteiger partial charge is 0.350 e. The third kappa shape index (κ3) is 4.57. The Hall–Kier alpha value is -1.89. The molecule has 150 valence electrons. The number of hydrogen-bond acceptors (Lipinski definition) is 4. The van der Waals surface area contributed by atoms with Gasteiger partial charge in [-0.3, -0.25) is 14.5 Å². The Bertz CT molecular complexity index is 821. The van der Waals surface area contributed by atoms with Crippen molar-refractivity contribution >= 4 is 40.4 Å². The van der Waals surface area contributed by atoms with Crippen molar-refractivity contribution in [3.63, 3.8) is 0 Å². The highest BCUT2D eigenvalue weighted by Gasteiger charge is 2.27. The number of nitrogens with zero attached hydrogens (tertiary/aromatic N) is 2. The molecule has 0 radical (unpaired) electrons. The summed E-state index contributed by atoms with van der Waals surface area (Å²) < 4.78 is 0. The third-order valence-corrected chi connectivity index (χ3v) is 6.14. The van der Waals surface area contributed by atoms with E-state index in [9.17, 15) is 9.59 Å². The van der Waals surface area contributed by atoms with E-state index in [1.54, 1.807) is 34.4 Å². The Morgan fingerprint density at radius 2 is 2.11 bits per heavy atom. The number of nitrogens with one attached hydrogen (secondary N) is 1. The number of carbonyl (C=O) groups is 2. The Kier molecular flexibility index (Phi) is 7.10. The predicted octanol–water partition coefficient (Wildman–Crippen LogP) is 4.34. The maximum Gasteiger partial charge on any atom is 0.253 e. The summed E-state index contributed by atoms with van der Waals surface area (Å²) in [5.74, 6) is -0.144. The van der Waals surface area contributed by atoms with Gasteiger partial charge in [0, 0.05) is 24.5 Å². The number of amides is 2. The summed E-state index contributed by atoms with van der Waals surface area (Å²) in [6.07, 6.45) is 1.31. The van der Waals surface area contributed by atoms with Gasteiger partial charge in [0.05, 0.1) is 17.3 Å². The fraction of sp³-hybridized carbons (Fsp3) is 0.429. The van der Waals surface area contributed by atoms with Crippen LogP contribution in [0.5, 0.6) is 0 Å². The van der Waals surface area contributed by atoms with Gasteiger partial charge in [0.2, 0.25) is 5.91 Å². The van der Waals surface area contributed by atoms with E-state index in [2.05, 4.69) is 40.9 Å². The minimum absolute atomic E-state index is 0.0376. The molecule has 5 nitrogen and oxygen atoms in total. The topological polar surface area (TPSA) is 52.7 Å². The van der Waals surface area contributed by atoms with Crippen LogP contribution in [-0.2, 0) is 4.79 Å². The second-order valence-electron chi connectivity index (χ2n) is 6.81. The maximum atomic E-state index is 13.0. The molecular weight excluding hydrogens is 394 g/mol. The summed E-state index contributed by atoms with van der Waals surface area (Å²) in [5.41, 5.74) is 2.30. The predicted molar refractivity (Wildman–Crippen MR) is 115 cm³/mol. The van der Waals surface area contributed by atoms with Gasteiger partial charge in [-0.2, -0.15) is 11.3 Å². The lowest BCUT2D eigenvalue weighted by atomic mass is 10.1. The standard InChI is InChI=1S/C21H26ClN3O2S/c1-3-24(4-2)19(15-9-11-28-14-15)13-23-21(27)17-8-7-16(22)12-18(17)25-10-5-6-20(25)26/h7-9,11-12,14,19H,3-6,10,13H2,1-2H3,(H,23,27)/t19-/m1/s1. The molecule has 1 saturated heterocycles. The van der Waals surface area contributed by atoms with Crippen LogP contribution in [0.3, 0.4) is 0 Å². The van der Waals surface area contributed by atoms with Crippen LogP contribution in [0.15, 0.2) is 35.0 Å². The van der Waals surface area contributed by atoms with Crippen molar-refractivity contribution in [1.82, 2.24) is 10.2 Å². The molecule has 2 heterocycles. The van der Waals surface area contributed by atoms with Gasteiger partial charge in [0.15, 0.2) is 0 Å². The fourth-order valence-electron chi connectivity index (χ4n) is 3.69. The molecule has 0 unspecified atom stereocenters. The van der Waals surface area contributed by atoms with Crippen molar-refractivity contribution < 1.29 is 9.59 Å². The summed E-state index contributed by atoms with van der Waals surface area (Å²) in [6, 6.07) is 7.34. The first-order valence-corrected chi connectivity index (χ1v) is 11.0. The third-order valence-electron chi connectivity index (χ3n) is 5.21. The van der Waals surface area contributed by atoms with Crippen LogP contribution in [0.4, 0.5) is 5.69 Å². The van der Waals surface area contributed by atoms with Gasteiger partial charge < -0.3 is 10.2 Å². The average molecular weight is 420 g/mol. The molecule has 1 aromatic carbocycles. The van der Waals surface area contributed by atoms with E-state index in [0.717, 1.165) is 19.5 Å². The fourth-order valence-corrected chi connectivity index (χ4v) is 4.57. The average Bonchev–Trinajstić information content (AvgIpc) is 3.36. The van der Waals surface area contributed by atoms with Crippen molar-refractivity contribution in [2.24, 2.45) is 0 Å². The zero-order chi connectivity index (χ0) is 20.1. The molecule has 0 spiro atoms. The van der Waals surface area contributed by atoms with Crippen LogP contribution < -0.4 is 10.2 Å². The van der Waals surface area contributed by atoms with Gasteiger partial charge in [0.1, 0.15) is 0 Å². The number of thiophene rings is 1. The molecule has 7 heteroatoms. The molecule has 0 bridgehead atoms. The number of likely N-dealkylation sites (N-methyl/N-ethyl adjacent to an activating group) is 1. The number of anilines is 1. The van der Waals surface area contributed by atoms with Gasteiger partial charge in [-0.15, -0.1) is 0 Å². The van der Waals surface area contributed by atoms with Crippen molar-refractivity contribution in [2.45, 2.75) is 32.7 Å². The second kappa shape index (κ2) is 9.54. The zero-order valence-electron chi connectivity index (χ0n) is 16.3. The SMILES string of the molecule is CCN(CC)[C@H](CNC(=O)c1ccc(Cl)cc1N1CCCC1=O)c1ccsc1. The lowest BCUT2D eigenvalue weighted by molar-refractivity contribution is -0.117. The first kappa shape index (κ1) is 20.8. The number of halogens is 1. The van der Waals surface area contributed by atoms with Crippen LogP contribution in [0, 0.1) is 0 Å².